The SMILES string of the molecule is c1ccc(CN2Cc3[nH]cnc3C[C@H]2c2nc(-c3cnccn3)no2)cc1. The molecule has 5 rings (SSSR count). The van der Waals surface area contributed by atoms with Gasteiger partial charge in [0, 0.05) is 31.9 Å². The molecule has 0 radical (unpaired) electrons. The van der Waals surface area contributed by atoms with Crippen LogP contribution in [0.2, 0.25) is 0 Å². The highest BCUT2D eigenvalue weighted by Gasteiger charge is 2.33. The molecule has 1 aromatic carbocycles. The van der Waals surface area contributed by atoms with Crippen molar-refractivity contribution in [3.8, 4) is 11.5 Å². The first-order valence-corrected chi connectivity index (χ1v) is 8.76. The van der Waals surface area contributed by atoms with Gasteiger partial charge in [-0.2, -0.15) is 4.98 Å². The minimum atomic E-state index is -0.0427. The van der Waals surface area contributed by atoms with E-state index in [4.69, 9.17) is 4.52 Å². The van der Waals surface area contributed by atoms with E-state index in [0.717, 1.165) is 24.5 Å². The van der Waals surface area contributed by atoms with Gasteiger partial charge in [0.05, 0.1) is 30.0 Å². The fourth-order valence-corrected chi connectivity index (χ4v) is 3.40. The van der Waals surface area contributed by atoms with Gasteiger partial charge in [0.2, 0.25) is 11.7 Å². The number of fused-ring (bicyclic) bond motifs is 1. The third-order valence-corrected chi connectivity index (χ3v) is 4.74. The van der Waals surface area contributed by atoms with Crippen LogP contribution in [0.4, 0.5) is 0 Å². The zero-order valence-electron chi connectivity index (χ0n) is 14.5. The van der Waals surface area contributed by atoms with Gasteiger partial charge in [0.25, 0.3) is 0 Å². The molecule has 0 saturated heterocycles. The number of nitrogens with one attached hydrogen (secondary N) is 1. The second-order valence-corrected chi connectivity index (χ2v) is 6.49. The van der Waals surface area contributed by atoms with Crippen molar-refractivity contribution < 1.29 is 4.52 Å². The van der Waals surface area contributed by atoms with E-state index in [1.807, 2.05) is 6.07 Å². The topological polar surface area (TPSA) is 96.6 Å². The Labute approximate surface area is 155 Å². The molecule has 0 unspecified atom stereocenters. The van der Waals surface area contributed by atoms with Crippen LogP contribution in [0.5, 0.6) is 0 Å². The maximum atomic E-state index is 5.61. The predicted molar refractivity (Wildman–Crippen MR) is 96.0 cm³/mol. The van der Waals surface area contributed by atoms with Crippen LogP contribution in [-0.4, -0.2) is 35.0 Å². The number of hydrogen-bond acceptors (Lipinski definition) is 7. The summed E-state index contributed by atoms with van der Waals surface area (Å²) in [6.07, 6.45) is 7.32. The van der Waals surface area contributed by atoms with Crippen LogP contribution in [0.15, 0.2) is 59.8 Å². The number of hydrogen-bond donors (Lipinski definition) is 1. The van der Waals surface area contributed by atoms with Gasteiger partial charge in [-0.3, -0.25) is 9.88 Å². The summed E-state index contributed by atoms with van der Waals surface area (Å²) in [6, 6.07) is 10.3. The molecule has 1 aliphatic rings. The van der Waals surface area contributed by atoms with Gasteiger partial charge >= 0.3 is 0 Å². The lowest BCUT2D eigenvalue weighted by atomic mass is 10.0. The van der Waals surface area contributed by atoms with E-state index in [0.29, 0.717) is 23.8 Å². The van der Waals surface area contributed by atoms with E-state index in [2.05, 4.69) is 59.2 Å². The van der Waals surface area contributed by atoms with E-state index in [9.17, 15) is 0 Å². The summed E-state index contributed by atoms with van der Waals surface area (Å²) in [4.78, 5) is 22.9. The summed E-state index contributed by atoms with van der Waals surface area (Å²) >= 11 is 0. The summed E-state index contributed by atoms with van der Waals surface area (Å²) in [5.41, 5.74) is 4.01. The van der Waals surface area contributed by atoms with Crippen molar-refractivity contribution in [2.45, 2.75) is 25.6 Å². The lowest BCUT2D eigenvalue weighted by molar-refractivity contribution is 0.128. The van der Waals surface area contributed by atoms with Crippen LogP contribution in [0.3, 0.4) is 0 Å². The predicted octanol–water partition coefficient (Wildman–Crippen LogP) is 2.55. The summed E-state index contributed by atoms with van der Waals surface area (Å²) in [6.45, 7) is 1.53. The maximum absolute atomic E-state index is 5.61. The summed E-state index contributed by atoms with van der Waals surface area (Å²) in [5, 5.41) is 4.10. The van der Waals surface area contributed by atoms with Gasteiger partial charge in [-0.1, -0.05) is 35.5 Å². The number of aromatic nitrogens is 6. The third kappa shape index (κ3) is 3.11. The second kappa shape index (κ2) is 6.73. The van der Waals surface area contributed by atoms with Crippen molar-refractivity contribution in [1.82, 2.24) is 35.0 Å². The second-order valence-electron chi connectivity index (χ2n) is 6.49. The average Bonchev–Trinajstić information content (AvgIpc) is 3.38. The van der Waals surface area contributed by atoms with Crippen molar-refractivity contribution >= 4 is 0 Å². The van der Waals surface area contributed by atoms with Crippen molar-refractivity contribution in [3.05, 3.63) is 78.1 Å². The molecule has 4 heterocycles. The molecular weight excluding hydrogens is 342 g/mol. The monoisotopic (exact) mass is 359 g/mol. The van der Waals surface area contributed by atoms with Crippen LogP contribution in [-0.2, 0) is 19.5 Å². The molecule has 8 heteroatoms. The maximum Gasteiger partial charge on any atom is 0.244 e. The third-order valence-electron chi connectivity index (χ3n) is 4.74. The van der Waals surface area contributed by atoms with E-state index in [1.54, 1.807) is 24.9 Å². The Hall–Kier alpha value is -3.39. The molecule has 0 fully saturated rings. The van der Waals surface area contributed by atoms with Crippen LogP contribution in [0, 0.1) is 0 Å². The molecule has 0 amide bonds. The number of benzene rings is 1. The minimum Gasteiger partial charge on any atom is -0.347 e. The molecule has 0 saturated carbocycles. The standard InChI is InChI=1S/C19H17N7O/c1-2-4-13(5-3-1)10-26-11-16-14(22-12-23-16)8-17(26)19-24-18(25-27-19)15-9-20-6-7-21-15/h1-7,9,12,17H,8,10-11H2,(H,22,23)/t17-/m0/s1. The molecule has 0 bridgehead atoms. The molecule has 8 nitrogen and oxygen atoms in total. The van der Waals surface area contributed by atoms with Crippen molar-refractivity contribution in [2.75, 3.05) is 0 Å². The van der Waals surface area contributed by atoms with Gasteiger partial charge in [-0.05, 0) is 5.56 Å². The average molecular weight is 359 g/mol. The Morgan fingerprint density at radius 2 is 2.07 bits per heavy atom. The Balaban J connectivity index is 1.47. The van der Waals surface area contributed by atoms with Gasteiger partial charge in [0.15, 0.2) is 0 Å². The summed E-state index contributed by atoms with van der Waals surface area (Å²) in [7, 11) is 0. The van der Waals surface area contributed by atoms with Gasteiger partial charge in [-0.15, -0.1) is 0 Å². The Morgan fingerprint density at radius 1 is 1.15 bits per heavy atom. The van der Waals surface area contributed by atoms with Crippen molar-refractivity contribution in [3.63, 3.8) is 0 Å². The van der Waals surface area contributed by atoms with Crippen LogP contribution in [0.25, 0.3) is 11.5 Å². The fraction of sp³-hybridized carbons (Fsp3) is 0.211. The Morgan fingerprint density at radius 3 is 2.93 bits per heavy atom. The quantitative estimate of drug-likeness (QED) is 0.598. The van der Waals surface area contributed by atoms with E-state index in [-0.39, 0.29) is 6.04 Å². The highest BCUT2D eigenvalue weighted by molar-refractivity contribution is 5.45. The molecule has 27 heavy (non-hydrogen) atoms. The van der Waals surface area contributed by atoms with Gasteiger partial charge < -0.3 is 9.51 Å². The molecule has 1 aliphatic heterocycles. The summed E-state index contributed by atoms with van der Waals surface area (Å²) in [5.74, 6) is 1.02. The Kier molecular flexibility index (Phi) is 3.95. The fourth-order valence-electron chi connectivity index (χ4n) is 3.40. The number of nitrogens with zero attached hydrogens (tertiary/aromatic N) is 6. The smallest absolute Gasteiger partial charge is 0.244 e. The van der Waals surface area contributed by atoms with Crippen LogP contribution < -0.4 is 0 Å². The highest BCUT2D eigenvalue weighted by Crippen LogP contribution is 2.33. The zero-order chi connectivity index (χ0) is 18.1. The first kappa shape index (κ1) is 15.8. The van der Waals surface area contributed by atoms with Crippen LogP contribution in [0.1, 0.15) is 28.9 Å². The van der Waals surface area contributed by atoms with Crippen molar-refractivity contribution in [1.29, 1.82) is 0 Å². The molecule has 1 N–H and O–H groups in total. The van der Waals surface area contributed by atoms with E-state index < -0.39 is 0 Å². The molecule has 3 aromatic heterocycles. The number of imidazole rings is 1. The largest absolute Gasteiger partial charge is 0.347 e. The molecular formula is C19H17N7O. The molecule has 0 spiro atoms. The van der Waals surface area contributed by atoms with E-state index in [1.165, 1.54) is 5.56 Å². The lowest BCUT2D eigenvalue weighted by Gasteiger charge is -2.32. The van der Waals surface area contributed by atoms with Crippen LogP contribution >= 0.6 is 0 Å². The van der Waals surface area contributed by atoms with E-state index >= 15 is 0 Å². The molecule has 0 aliphatic carbocycles. The van der Waals surface area contributed by atoms with Gasteiger partial charge in [0.1, 0.15) is 5.69 Å². The Bertz CT molecular complexity index is 1030. The molecule has 134 valence electrons. The number of H-pyrrole nitrogens is 1. The van der Waals surface area contributed by atoms with Gasteiger partial charge in [-0.25, -0.2) is 9.97 Å². The lowest BCUT2D eigenvalue weighted by Crippen LogP contribution is -2.34. The number of aromatic amines is 1. The molecule has 1 atom stereocenters. The zero-order valence-corrected chi connectivity index (χ0v) is 14.5. The minimum absolute atomic E-state index is 0.0427. The number of rotatable bonds is 4. The summed E-state index contributed by atoms with van der Waals surface area (Å²) < 4.78 is 5.61. The normalized spacial score (nSPS) is 17.0. The molecule has 4 aromatic rings. The first-order valence-electron chi connectivity index (χ1n) is 8.76. The van der Waals surface area contributed by atoms with Crippen molar-refractivity contribution in [2.24, 2.45) is 0 Å². The highest BCUT2D eigenvalue weighted by atomic mass is 16.5. The first-order chi connectivity index (χ1) is 13.4.